The number of quaternary nitrogens is 1. The van der Waals surface area contributed by atoms with E-state index in [0.717, 1.165) is 38.5 Å². The number of rotatable bonds is 42. The minimum Gasteiger partial charge on any atom is -0.391 e. The zero-order valence-corrected chi connectivity index (χ0v) is 37.4. The fourth-order valence-corrected chi connectivity index (χ4v) is 7.54. The van der Waals surface area contributed by atoms with Gasteiger partial charge in [0.2, 0.25) is 5.91 Å². The molecule has 0 fully saturated rings. The van der Waals surface area contributed by atoms with Crippen LogP contribution in [0.5, 0.6) is 0 Å². The number of unbranched alkanes of at least 4 members (excludes halogenated alkanes) is 27. The van der Waals surface area contributed by atoms with Crippen molar-refractivity contribution in [3.8, 4) is 0 Å². The van der Waals surface area contributed by atoms with Gasteiger partial charge in [0.05, 0.1) is 39.9 Å². The molecule has 0 aromatic heterocycles. The number of likely N-dealkylation sites (N-methyl/N-ethyl adjacent to an activating group) is 1. The van der Waals surface area contributed by atoms with E-state index in [1.54, 1.807) is 0 Å². The van der Waals surface area contributed by atoms with Crippen LogP contribution in [0.4, 0.5) is 0 Å². The Morgan fingerprint density at radius 2 is 1.00 bits per heavy atom. The van der Waals surface area contributed by atoms with Crippen LogP contribution in [0.25, 0.3) is 0 Å². The lowest BCUT2D eigenvalue weighted by atomic mass is 10.0. The number of nitrogens with one attached hydrogen (secondary N) is 1. The largest absolute Gasteiger partial charge is 0.472 e. The second kappa shape index (κ2) is 37.8. The van der Waals surface area contributed by atoms with Gasteiger partial charge in [0.25, 0.3) is 0 Å². The highest BCUT2D eigenvalue weighted by Gasteiger charge is 2.28. The Morgan fingerprint density at radius 3 is 1.43 bits per heavy atom. The maximum atomic E-state index is 12.8. The van der Waals surface area contributed by atoms with E-state index in [1.165, 1.54) is 154 Å². The molecule has 0 radical (unpaired) electrons. The molecule has 0 saturated heterocycles. The molecular formula is C45H92N2O6P+. The van der Waals surface area contributed by atoms with Crippen LogP contribution in [-0.2, 0) is 18.4 Å². The zero-order valence-electron chi connectivity index (χ0n) is 36.5. The number of phosphoric ester groups is 1. The predicted octanol–water partition coefficient (Wildman–Crippen LogP) is 12.8. The van der Waals surface area contributed by atoms with Crippen molar-refractivity contribution in [1.29, 1.82) is 0 Å². The zero-order chi connectivity index (χ0) is 40.0. The molecule has 0 bridgehead atoms. The molecule has 0 spiro atoms. The topological polar surface area (TPSA) is 105 Å². The fourth-order valence-electron chi connectivity index (χ4n) is 6.81. The van der Waals surface area contributed by atoms with Crippen molar-refractivity contribution in [3.63, 3.8) is 0 Å². The molecule has 8 nitrogen and oxygen atoms in total. The van der Waals surface area contributed by atoms with Gasteiger partial charge in [-0.2, -0.15) is 0 Å². The average Bonchev–Trinajstić information content (AvgIpc) is 3.12. The van der Waals surface area contributed by atoms with Crippen molar-refractivity contribution in [3.05, 3.63) is 12.2 Å². The van der Waals surface area contributed by atoms with Crippen molar-refractivity contribution < 1.29 is 32.9 Å². The normalized spacial score (nSPS) is 14.4. The van der Waals surface area contributed by atoms with Crippen LogP contribution in [0.2, 0.25) is 0 Å². The Balaban J connectivity index is 4.02. The number of nitrogens with zero attached hydrogens (tertiary/aromatic N) is 1. The smallest absolute Gasteiger partial charge is 0.391 e. The monoisotopic (exact) mass is 788 g/mol. The molecule has 0 rings (SSSR count). The summed E-state index contributed by atoms with van der Waals surface area (Å²) in [7, 11) is 1.62. The van der Waals surface area contributed by atoms with Gasteiger partial charge in [-0.15, -0.1) is 0 Å². The summed E-state index contributed by atoms with van der Waals surface area (Å²) >= 11 is 0. The maximum Gasteiger partial charge on any atom is 0.472 e. The second-order valence-electron chi connectivity index (χ2n) is 17.1. The summed E-state index contributed by atoms with van der Waals surface area (Å²) in [5, 5.41) is 13.8. The third-order valence-corrected chi connectivity index (χ3v) is 11.5. The summed E-state index contributed by atoms with van der Waals surface area (Å²) in [6, 6.07) is -0.753. The lowest BCUT2D eigenvalue weighted by Crippen LogP contribution is -2.46. The van der Waals surface area contributed by atoms with E-state index >= 15 is 0 Å². The highest BCUT2D eigenvalue weighted by molar-refractivity contribution is 7.47. The van der Waals surface area contributed by atoms with E-state index in [0.29, 0.717) is 23.9 Å². The van der Waals surface area contributed by atoms with Gasteiger partial charge in [0, 0.05) is 6.42 Å². The average molecular weight is 788 g/mol. The number of aliphatic hydroxyl groups excluding tert-OH is 1. The third kappa shape index (κ3) is 39.5. The van der Waals surface area contributed by atoms with Crippen LogP contribution in [-0.4, -0.2) is 73.4 Å². The first kappa shape index (κ1) is 53.2. The number of amides is 1. The molecule has 0 saturated carbocycles. The highest BCUT2D eigenvalue weighted by Crippen LogP contribution is 2.43. The van der Waals surface area contributed by atoms with Gasteiger partial charge in [-0.25, -0.2) is 4.57 Å². The summed E-state index contributed by atoms with van der Waals surface area (Å²) in [4.78, 5) is 23.0. The standard InChI is InChI=1S/C45H91N2O6P/c1-6-8-10-12-14-15-16-17-18-19-20-21-22-23-24-25-26-27-28-29-30-31-33-35-37-39-45(49)46-43(44(48)38-36-34-32-13-11-9-7-2)42-53-54(50,51)52-41-40-47(3,4)5/h19-20,43-44,48H,6-18,21-42H2,1-5H3,(H-,46,49,50,51)/p+1/b20-19-. The lowest BCUT2D eigenvalue weighted by molar-refractivity contribution is -0.870. The molecule has 322 valence electrons. The van der Waals surface area contributed by atoms with Gasteiger partial charge < -0.3 is 19.8 Å². The Kier molecular flexibility index (Phi) is 37.3. The van der Waals surface area contributed by atoms with Crippen molar-refractivity contribution in [2.24, 2.45) is 0 Å². The minimum absolute atomic E-state index is 0.0762. The molecule has 3 atom stereocenters. The molecule has 0 aliphatic heterocycles. The van der Waals surface area contributed by atoms with Crippen molar-refractivity contribution in [1.82, 2.24) is 5.32 Å². The number of hydrogen-bond donors (Lipinski definition) is 3. The first-order valence-electron chi connectivity index (χ1n) is 23.1. The van der Waals surface area contributed by atoms with E-state index in [-0.39, 0.29) is 19.1 Å². The van der Waals surface area contributed by atoms with E-state index in [2.05, 4.69) is 31.3 Å². The molecule has 3 N–H and O–H groups in total. The fraction of sp³-hybridized carbons (Fsp3) is 0.933. The maximum absolute atomic E-state index is 12.8. The Labute approximate surface area is 335 Å². The van der Waals surface area contributed by atoms with E-state index < -0.39 is 20.0 Å². The van der Waals surface area contributed by atoms with E-state index in [1.807, 2.05) is 21.1 Å². The number of allylic oxidation sites excluding steroid dienone is 2. The van der Waals surface area contributed by atoms with E-state index in [9.17, 15) is 19.4 Å². The van der Waals surface area contributed by atoms with Gasteiger partial charge in [-0.3, -0.25) is 13.8 Å². The van der Waals surface area contributed by atoms with Gasteiger partial charge >= 0.3 is 7.82 Å². The van der Waals surface area contributed by atoms with Crippen LogP contribution >= 0.6 is 7.82 Å². The molecule has 3 unspecified atom stereocenters. The molecule has 0 aromatic carbocycles. The predicted molar refractivity (Wildman–Crippen MR) is 231 cm³/mol. The SMILES string of the molecule is CCCCCCCCCC/C=C\CCCCCCCCCCCCCCCC(=O)NC(COP(=O)(O)OCC[N+](C)(C)C)C(O)CCCCCCCCC. The first-order valence-corrected chi connectivity index (χ1v) is 24.5. The van der Waals surface area contributed by atoms with Crippen molar-refractivity contribution >= 4 is 13.7 Å². The Hall–Kier alpha value is -0.760. The number of phosphoric acid groups is 1. The Bertz CT molecular complexity index is 896. The molecule has 0 aromatic rings. The van der Waals surface area contributed by atoms with Crippen LogP contribution in [0, 0.1) is 0 Å². The molecule has 0 aliphatic rings. The van der Waals surface area contributed by atoms with Gasteiger partial charge in [-0.05, 0) is 38.5 Å². The molecule has 0 heterocycles. The summed E-state index contributed by atoms with van der Waals surface area (Å²) in [6.07, 6.45) is 42.7. The highest BCUT2D eigenvalue weighted by atomic mass is 31.2. The second-order valence-corrected chi connectivity index (χ2v) is 18.6. The molecule has 1 amide bonds. The Morgan fingerprint density at radius 1 is 0.611 bits per heavy atom. The number of carbonyl (C=O) groups excluding carboxylic acids is 1. The molecule has 54 heavy (non-hydrogen) atoms. The van der Waals surface area contributed by atoms with Gasteiger partial charge in [0.1, 0.15) is 13.2 Å². The number of aliphatic hydroxyl groups is 1. The third-order valence-electron chi connectivity index (χ3n) is 10.5. The summed E-state index contributed by atoms with van der Waals surface area (Å²) in [5.74, 6) is -0.147. The molecular weight excluding hydrogens is 695 g/mol. The number of carbonyl (C=O) groups is 1. The van der Waals surface area contributed by atoms with Crippen LogP contribution in [0.15, 0.2) is 12.2 Å². The van der Waals surface area contributed by atoms with Gasteiger partial charge in [0.15, 0.2) is 0 Å². The lowest BCUT2D eigenvalue weighted by Gasteiger charge is -2.26. The molecule has 9 heteroatoms. The van der Waals surface area contributed by atoms with Crippen LogP contribution in [0.1, 0.15) is 219 Å². The van der Waals surface area contributed by atoms with Crippen molar-refractivity contribution in [2.45, 2.75) is 231 Å². The van der Waals surface area contributed by atoms with Gasteiger partial charge in [-0.1, -0.05) is 187 Å². The summed E-state index contributed by atoms with van der Waals surface area (Å²) < 4.78 is 23.5. The van der Waals surface area contributed by atoms with Crippen LogP contribution in [0.3, 0.4) is 0 Å². The number of hydrogen-bond acceptors (Lipinski definition) is 5. The summed E-state index contributed by atoms with van der Waals surface area (Å²) in [5.41, 5.74) is 0. The first-order chi connectivity index (χ1) is 26.0. The summed E-state index contributed by atoms with van der Waals surface area (Å²) in [6.45, 7) is 4.85. The van der Waals surface area contributed by atoms with E-state index in [4.69, 9.17) is 9.05 Å². The minimum atomic E-state index is -4.30. The van der Waals surface area contributed by atoms with Crippen molar-refractivity contribution in [2.75, 3.05) is 40.9 Å². The molecule has 0 aliphatic carbocycles. The van der Waals surface area contributed by atoms with Crippen LogP contribution < -0.4 is 5.32 Å². The quantitative estimate of drug-likeness (QED) is 0.0246.